The molecule has 1 aliphatic carbocycles. The normalized spacial score (nSPS) is 18.0. The molecule has 108 valence electrons. The number of carbonyl (C=O) groups excluding carboxylic acids is 1. The molecule has 3 rings (SSSR count). The van der Waals surface area contributed by atoms with Crippen molar-refractivity contribution in [2.75, 3.05) is 0 Å². The largest absolute Gasteiger partial charge is 0.508 e. The van der Waals surface area contributed by atoms with Gasteiger partial charge in [0.25, 0.3) is 0 Å². The predicted octanol–water partition coefficient (Wildman–Crippen LogP) is 2.69. The van der Waals surface area contributed by atoms with E-state index in [4.69, 9.17) is 0 Å². The number of nitrogens with one attached hydrogen (secondary N) is 1. The number of hydrogen-bond donors (Lipinski definition) is 2. The fourth-order valence-electron chi connectivity index (χ4n) is 2.96. The van der Waals surface area contributed by atoms with Crippen LogP contribution in [0, 0.1) is 0 Å². The van der Waals surface area contributed by atoms with E-state index < -0.39 is 0 Å². The highest BCUT2D eigenvalue weighted by molar-refractivity contribution is 5.86. The van der Waals surface area contributed by atoms with Gasteiger partial charge in [-0.2, -0.15) is 0 Å². The van der Waals surface area contributed by atoms with E-state index in [2.05, 4.69) is 10.3 Å². The number of pyridine rings is 1. The summed E-state index contributed by atoms with van der Waals surface area (Å²) in [6.45, 7) is 1.94. The number of carbonyl (C=O) groups is 1. The Labute approximate surface area is 123 Å². The van der Waals surface area contributed by atoms with Crippen LogP contribution in [0.3, 0.4) is 0 Å². The Bertz CT molecular complexity index is 655. The van der Waals surface area contributed by atoms with Crippen LogP contribution in [0.25, 0.3) is 0 Å². The second-order valence-corrected chi connectivity index (χ2v) is 5.46. The number of phenolic OH excluding ortho intramolecular Hbond substituents is 1. The van der Waals surface area contributed by atoms with Crippen molar-refractivity contribution < 1.29 is 9.90 Å². The van der Waals surface area contributed by atoms with Gasteiger partial charge in [0.2, 0.25) is 5.91 Å². The van der Waals surface area contributed by atoms with Gasteiger partial charge in [0.05, 0.1) is 12.0 Å². The number of hydrogen-bond acceptors (Lipinski definition) is 3. The molecule has 0 saturated heterocycles. The molecule has 2 atom stereocenters. The fraction of sp³-hybridized carbons (Fsp3) is 0.294. The topological polar surface area (TPSA) is 62.2 Å². The molecule has 0 spiro atoms. The van der Waals surface area contributed by atoms with Crippen molar-refractivity contribution in [3.05, 3.63) is 59.4 Å². The molecule has 1 heterocycles. The Kier molecular flexibility index (Phi) is 3.60. The number of fused-ring (bicyclic) bond motifs is 1. The summed E-state index contributed by atoms with van der Waals surface area (Å²) in [5.41, 5.74) is 2.83. The van der Waals surface area contributed by atoms with Gasteiger partial charge >= 0.3 is 0 Å². The molecule has 21 heavy (non-hydrogen) atoms. The smallest absolute Gasteiger partial charge is 0.228 e. The van der Waals surface area contributed by atoms with E-state index in [1.54, 1.807) is 18.5 Å². The van der Waals surface area contributed by atoms with E-state index in [-0.39, 0.29) is 23.6 Å². The average molecular weight is 282 g/mol. The minimum absolute atomic E-state index is 0.0356. The van der Waals surface area contributed by atoms with Gasteiger partial charge in [0.15, 0.2) is 0 Å². The molecule has 2 N–H and O–H groups in total. The SMILES string of the molecule is C[C@@H](NC(=O)C1CCc2cccc(O)c21)c1cccnc1. The summed E-state index contributed by atoms with van der Waals surface area (Å²) >= 11 is 0. The van der Waals surface area contributed by atoms with Crippen LogP contribution in [-0.2, 0) is 11.2 Å². The molecule has 1 aromatic heterocycles. The highest BCUT2D eigenvalue weighted by atomic mass is 16.3. The first-order chi connectivity index (χ1) is 10.2. The third-order valence-electron chi connectivity index (χ3n) is 4.08. The molecule has 1 unspecified atom stereocenters. The zero-order chi connectivity index (χ0) is 14.8. The van der Waals surface area contributed by atoms with Crippen LogP contribution in [0.2, 0.25) is 0 Å². The molecule has 0 aliphatic heterocycles. The van der Waals surface area contributed by atoms with E-state index in [0.29, 0.717) is 0 Å². The molecule has 0 saturated carbocycles. The molecule has 1 amide bonds. The van der Waals surface area contributed by atoms with Crippen molar-refractivity contribution in [1.29, 1.82) is 0 Å². The third-order valence-corrected chi connectivity index (χ3v) is 4.08. The van der Waals surface area contributed by atoms with Crippen LogP contribution in [0.1, 0.15) is 42.0 Å². The number of aromatic nitrogens is 1. The summed E-state index contributed by atoms with van der Waals surface area (Å²) in [4.78, 5) is 16.6. The fourth-order valence-corrected chi connectivity index (χ4v) is 2.96. The molecule has 1 aliphatic rings. The maximum absolute atomic E-state index is 12.5. The molecule has 2 aromatic rings. The van der Waals surface area contributed by atoms with Crippen molar-refractivity contribution in [3.63, 3.8) is 0 Å². The Morgan fingerprint density at radius 2 is 2.24 bits per heavy atom. The van der Waals surface area contributed by atoms with Crippen molar-refractivity contribution >= 4 is 5.91 Å². The molecule has 0 bridgehead atoms. The first-order valence-electron chi connectivity index (χ1n) is 7.18. The summed E-state index contributed by atoms with van der Waals surface area (Å²) in [5, 5.41) is 13.0. The number of benzene rings is 1. The lowest BCUT2D eigenvalue weighted by Gasteiger charge is -2.18. The average Bonchev–Trinajstić information content (AvgIpc) is 2.93. The van der Waals surface area contributed by atoms with Gasteiger partial charge in [-0.1, -0.05) is 18.2 Å². The quantitative estimate of drug-likeness (QED) is 0.910. The summed E-state index contributed by atoms with van der Waals surface area (Å²) in [5.74, 6) is -0.0777. The number of aryl methyl sites for hydroxylation is 1. The van der Waals surface area contributed by atoms with Crippen molar-refractivity contribution in [3.8, 4) is 5.75 Å². The Balaban J connectivity index is 1.76. The van der Waals surface area contributed by atoms with E-state index in [1.165, 1.54) is 0 Å². The number of phenols is 1. The molecule has 0 radical (unpaired) electrons. The zero-order valence-corrected chi connectivity index (χ0v) is 11.9. The lowest BCUT2D eigenvalue weighted by Crippen LogP contribution is -2.30. The number of rotatable bonds is 3. The van der Waals surface area contributed by atoms with E-state index >= 15 is 0 Å². The summed E-state index contributed by atoms with van der Waals surface area (Å²) in [7, 11) is 0. The first-order valence-corrected chi connectivity index (χ1v) is 7.18. The minimum atomic E-state index is -0.264. The second kappa shape index (κ2) is 5.56. The van der Waals surface area contributed by atoms with E-state index in [0.717, 1.165) is 29.5 Å². The lowest BCUT2D eigenvalue weighted by atomic mass is 9.98. The van der Waals surface area contributed by atoms with Crippen LogP contribution in [0.15, 0.2) is 42.7 Å². The minimum Gasteiger partial charge on any atom is -0.508 e. The monoisotopic (exact) mass is 282 g/mol. The Morgan fingerprint density at radius 1 is 1.38 bits per heavy atom. The molecule has 0 fully saturated rings. The predicted molar refractivity (Wildman–Crippen MR) is 80.0 cm³/mol. The summed E-state index contributed by atoms with van der Waals surface area (Å²) in [6.07, 6.45) is 5.05. The van der Waals surface area contributed by atoms with Crippen molar-refractivity contribution in [1.82, 2.24) is 10.3 Å². The van der Waals surface area contributed by atoms with E-state index in [1.807, 2.05) is 31.2 Å². The Hall–Kier alpha value is -2.36. The standard InChI is InChI=1S/C17H18N2O2/c1-11(13-5-3-9-18-10-13)19-17(21)14-8-7-12-4-2-6-15(20)16(12)14/h2-6,9-11,14,20H,7-8H2,1H3,(H,19,21)/t11-,14?/m1/s1. The summed E-state index contributed by atoms with van der Waals surface area (Å²) < 4.78 is 0. The van der Waals surface area contributed by atoms with Gasteiger partial charge in [0, 0.05) is 18.0 Å². The van der Waals surface area contributed by atoms with Gasteiger partial charge in [-0.3, -0.25) is 9.78 Å². The zero-order valence-electron chi connectivity index (χ0n) is 11.9. The third kappa shape index (κ3) is 2.61. The van der Waals surface area contributed by atoms with Gasteiger partial charge in [-0.25, -0.2) is 0 Å². The molecular formula is C17H18N2O2. The van der Waals surface area contributed by atoms with Crippen molar-refractivity contribution in [2.45, 2.75) is 31.7 Å². The molecule has 1 aromatic carbocycles. The van der Waals surface area contributed by atoms with Gasteiger partial charge < -0.3 is 10.4 Å². The van der Waals surface area contributed by atoms with Crippen LogP contribution >= 0.6 is 0 Å². The van der Waals surface area contributed by atoms with Crippen molar-refractivity contribution in [2.24, 2.45) is 0 Å². The number of aromatic hydroxyl groups is 1. The molecule has 4 nitrogen and oxygen atoms in total. The second-order valence-electron chi connectivity index (χ2n) is 5.46. The van der Waals surface area contributed by atoms with Crippen LogP contribution in [0.4, 0.5) is 0 Å². The van der Waals surface area contributed by atoms with Crippen LogP contribution < -0.4 is 5.32 Å². The van der Waals surface area contributed by atoms with Gasteiger partial charge in [-0.05, 0) is 43.0 Å². The van der Waals surface area contributed by atoms with Gasteiger partial charge in [0.1, 0.15) is 5.75 Å². The summed E-state index contributed by atoms with van der Waals surface area (Å²) in [6, 6.07) is 9.16. The molecular weight excluding hydrogens is 264 g/mol. The number of nitrogens with zero attached hydrogens (tertiary/aromatic N) is 1. The van der Waals surface area contributed by atoms with Crippen LogP contribution in [0.5, 0.6) is 5.75 Å². The lowest BCUT2D eigenvalue weighted by molar-refractivity contribution is -0.123. The highest BCUT2D eigenvalue weighted by Crippen LogP contribution is 2.39. The maximum Gasteiger partial charge on any atom is 0.228 e. The number of amides is 1. The molecule has 4 heteroatoms. The van der Waals surface area contributed by atoms with Gasteiger partial charge in [-0.15, -0.1) is 0 Å². The van der Waals surface area contributed by atoms with E-state index in [9.17, 15) is 9.90 Å². The highest BCUT2D eigenvalue weighted by Gasteiger charge is 2.31. The maximum atomic E-state index is 12.5. The Morgan fingerprint density at radius 3 is 3.00 bits per heavy atom. The van der Waals surface area contributed by atoms with Crippen LogP contribution in [-0.4, -0.2) is 16.0 Å². The first kappa shape index (κ1) is 13.6.